The number of hydrogen-bond acceptors (Lipinski definition) is 3. The summed E-state index contributed by atoms with van der Waals surface area (Å²) in [6, 6.07) is 13.8. The SMILES string of the molecule is Cc1ccsc1C(Cc1ccccc1)NC1CCC(O)CC1. The van der Waals surface area contributed by atoms with Crippen LogP contribution in [0.25, 0.3) is 0 Å². The van der Waals surface area contributed by atoms with Crippen LogP contribution in [0.3, 0.4) is 0 Å². The van der Waals surface area contributed by atoms with Crippen LogP contribution in [0.2, 0.25) is 0 Å². The standard InChI is InChI=1S/C19H25NOS/c1-14-11-12-22-19(14)18(13-15-5-3-2-4-6-15)20-16-7-9-17(21)10-8-16/h2-6,11-12,16-18,20-21H,7-10,13H2,1H3. The maximum atomic E-state index is 9.70. The van der Waals surface area contributed by atoms with Crippen LogP contribution in [0.15, 0.2) is 41.8 Å². The molecule has 1 aromatic carbocycles. The first kappa shape index (κ1) is 15.7. The Balaban J connectivity index is 1.73. The van der Waals surface area contributed by atoms with Crippen LogP contribution in [-0.2, 0) is 6.42 Å². The zero-order valence-corrected chi connectivity index (χ0v) is 14.0. The molecule has 1 heterocycles. The highest BCUT2D eigenvalue weighted by atomic mass is 32.1. The van der Waals surface area contributed by atoms with E-state index in [2.05, 4.69) is 54.0 Å². The normalized spacial score (nSPS) is 23.4. The molecule has 0 saturated heterocycles. The lowest BCUT2D eigenvalue weighted by molar-refractivity contribution is 0.114. The highest BCUT2D eigenvalue weighted by molar-refractivity contribution is 7.10. The van der Waals surface area contributed by atoms with Gasteiger partial charge in [-0.2, -0.15) is 0 Å². The second kappa shape index (κ2) is 7.40. The minimum Gasteiger partial charge on any atom is -0.393 e. The summed E-state index contributed by atoms with van der Waals surface area (Å²) in [5.74, 6) is 0. The molecular weight excluding hydrogens is 290 g/mol. The van der Waals surface area contributed by atoms with E-state index >= 15 is 0 Å². The molecule has 1 fully saturated rings. The predicted octanol–water partition coefficient (Wildman–Crippen LogP) is 4.23. The molecule has 0 bridgehead atoms. The second-order valence-corrected chi connectivity index (χ2v) is 7.33. The molecule has 0 aliphatic heterocycles. The number of benzene rings is 1. The Bertz CT molecular complexity index is 572. The summed E-state index contributed by atoms with van der Waals surface area (Å²) in [6.07, 6.45) is 4.96. The van der Waals surface area contributed by atoms with E-state index in [1.54, 1.807) is 0 Å². The molecule has 1 aliphatic rings. The number of hydrogen-bond donors (Lipinski definition) is 2. The minimum atomic E-state index is -0.0888. The van der Waals surface area contributed by atoms with Gasteiger partial charge < -0.3 is 10.4 Å². The zero-order valence-electron chi connectivity index (χ0n) is 13.2. The largest absolute Gasteiger partial charge is 0.393 e. The van der Waals surface area contributed by atoms with Gasteiger partial charge in [-0.1, -0.05) is 30.3 Å². The first-order chi connectivity index (χ1) is 10.7. The Hall–Kier alpha value is -1.16. The van der Waals surface area contributed by atoms with Gasteiger partial charge in [0.05, 0.1) is 6.10 Å². The number of aliphatic hydroxyl groups is 1. The number of nitrogens with one attached hydrogen (secondary N) is 1. The molecule has 1 saturated carbocycles. The van der Waals surface area contributed by atoms with Crippen molar-refractivity contribution in [2.75, 3.05) is 0 Å². The van der Waals surface area contributed by atoms with Crippen LogP contribution >= 0.6 is 11.3 Å². The quantitative estimate of drug-likeness (QED) is 0.865. The third kappa shape index (κ3) is 3.97. The molecule has 1 atom stereocenters. The summed E-state index contributed by atoms with van der Waals surface area (Å²) in [6.45, 7) is 2.20. The van der Waals surface area contributed by atoms with Gasteiger partial charge in [-0.3, -0.25) is 0 Å². The molecule has 3 rings (SSSR count). The predicted molar refractivity (Wildman–Crippen MR) is 93.3 cm³/mol. The average molecular weight is 315 g/mol. The van der Waals surface area contributed by atoms with Crippen molar-refractivity contribution in [3.63, 3.8) is 0 Å². The zero-order chi connectivity index (χ0) is 15.4. The van der Waals surface area contributed by atoms with E-state index in [1.807, 2.05) is 11.3 Å². The van der Waals surface area contributed by atoms with Crippen LogP contribution in [0, 0.1) is 6.92 Å². The number of aliphatic hydroxyl groups excluding tert-OH is 1. The fraction of sp³-hybridized carbons (Fsp3) is 0.474. The molecule has 2 N–H and O–H groups in total. The average Bonchev–Trinajstić information content (AvgIpc) is 2.96. The van der Waals surface area contributed by atoms with Crippen LogP contribution in [0.1, 0.15) is 47.7 Å². The lowest BCUT2D eigenvalue weighted by Crippen LogP contribution is -2.37. The van der Waals surface area contributed by atoms with Gasteiger partial charge in [0.25, 0.3) is 0 Å². The summed E-state index contributed by atoms with van der Waals surface area (Å²) < 4.78 is 0. The van der Waals surface area contributed by atoms with Crippen molar-refractivity contribution in [2.45, 2.75) is 57.2 Å². The summed E-state index contributed by atoms with van der Waals surface area (Å²) in [5, 5.41) is 15.8. The van der Waals surface area contributed by atoms with E-state index in [9.17, 15) is 5.11 Å². The highest BCUT2D eigenvalue weighted by Crippen LogP contribution is 2.29. The van der Waals surface area contributed by atoms with E-state index < -0.39 is 0 Å². The van der Waals surface area contributed by atoms with E-state index in [0.717, 1.165) is 32.1 Å². The second-order valence-electron chi connectivity index (χ2n) is 6.38. The summed E-state index contributed by atoms with van der Waals surface area (Å²) in [5.41, 5.74) is 2.76. The van der Waals surface area contributed by atoms with E-state index in [4.69, 9.17) is 0 Å². The van der Waals surface area contributed by atoms with Crippen molar-refractivity contribution >= 4 is 11.3 Å². The fourth-order valence-corrected chi connectivity index (χ4v) is 4.33. The number of rotatable bonds is 5. The molecule has 0 radical (unpaired) electrons. The Morgan fingerprint density at radius 2 is 1.86 bits per heavy atom. The highest BCUT2D eigenvalue weighted by Gasteiger charge is 2.24. The van der Waals surface area contributed by atoms with Gasteiger partial charge in [-0.25, -0.2) is 0 Å². The maximum absolute atomic E-state index is 9.70. The Morgan fingerprint density at radius 3 is 2.50 bits per heavy atom. The van der Waals surface area contributed by atoms with E-state index in [-0.39, 0.29) is 6.10 Å². The molecule has 2 nitrogen and oxygen atoms in total. The van der Waals surface area contributed by atoms with Crippen LogP contribution < -0.4 is 5.32 Å². The first-order valence-electron chi connectivity index (χ1n) is 8.24. The molecule has 118 valence electrons. The van der Waals surface area contributed by atoms with Gasteiger partial charge in [-0.15, -0.1) is 11.3 Å². The van der Waals surface area contributed by atoms with Crippen molar-refractivity contribution in [3.05, 3.63) is 57.8 Å². The molecule has 22 heavy (non-hydrogen) atoms. The smallest absolute Gasteiger partial charge is 0.0541 e. The van der Waals surface area contributed by atoms with Crippen molar-refractivity contribution in [1.82, 2.24) is 5.32 Å². The molecule has 1 aliphatic carbocycles. The van der Waals surface area contributed by atoms with Crippen molar-refractivity contribution < 1.29 is 5.11 Å². The summed E-state index contributed by atoms with van der Waals surface area (Å²) in [7, 11) is 0. The van der Waals surface area contributed by atoms with Gasteiger partial charge in [0, 0.05) is 17.0 Å². The molecule has 0 amide bonds. The van der Waals surface area contributed by atoms with Crippen molar-refractivity contribution in [2.24, 2.45) is 0 Å². The molecule has 0 spiro atoms. The lowest BCUT2D eigenvalue weighted by Gasteiger charge is -2.30. The Kier molecular flexibility index (Phi) is 5.29. The van der Waals surface area contributed by atoms with Gasteiger partial charge in [0.2, 0.25) is 0 Å². The molecule has 1 aromatic heterocycles. The molecule has 2 aromatic rings. The number of aryl methyl sites for hydroxylation is 1. The third-order valence-corrected chi connectivity index (χ3v) is 5.77. The van der Waals surface area contributed by atoms with Gasteiger partial charge >= 0.3 is 0 Å². The van der Waals surface area contributed by atoms with E-state index in [1.165, 1.54) is 16.0 Å². The topological polar surface area (TPSA) is 32.3 Å². The van der Waals surface area contributed by atoms with Crippen molar-refractivity contribution in [1.29, 1.82) is 0 Å². The van der Waals surface area contributed by atoms with Gasteiger partial charge in [0.15, 0.2) is 0 Å². The molecule has 3 heteroatoms. The summed E-state index contributed by atoms with van der Waals surface area (Å²) >= 11 is 1.85. The third-order valence-electron chi connectivity index (χ3n) is 4.63. The van der Waals surface area contributed by atoms with Crippen LogP contribution in [0.5, 0.6) is 0 Å². The monoisotopic (exact) mass is 315 g/mol. The van der Waals surface area contributed by atoms with Crippen LogP contribution in [0.4, 0.5) is 0 Å². The van der Waals surface area contributed by atoms with Gasteiger partial charge in [-0.05, 0) is 61.6 Å². The maximum Gasteiger partial charge on any atom is 0.0541 e. The number of thiophene rings is 1. The first-order valence-corrected chi connectivity index (χ1v) is 9.12. The van der Waals surface area contributed by atoms with Crippen molar-refractivity contribution in [3.8, 4) is 0 Å². The van der Waals surface area contributed by atoms with E-state index in [0.29, 0.717) is 12.1 Å². The minimum absolute atomic E-state index is 0.0888. The van der Waals surface area contributed by atoms with Gasteiger partial charge in [0.1, 0.15) is 0 Å². The Labute approximate surface area is 137 Å². The molecular formula is C19H25NOS. The molecule has 1 unspecified atom stereocenters. The summed E-state index contributed by atoms with van der Waals surface area (Å²) in [4.78, 5) is 1.45. The lowest BCUT2D eigenvalue weighted by atomic mass is 9.91. The Morgan fingerprint density at radius 1 is 1.14 bits per heavy atom. The fourth-order valence-electron chi connectivity index (χ4n) is 3.35. The van der Waals surface area contributed by atoms with Crippen LogP contribution in [-0.4, -0.2) is 17.3 Å².